The van der Waals surface area contributed by atoms with Crippen molar-refractivity contribution >= 4 is 16.9 Å². The van der Waals surface area contributed by atoms with Crippen molar-refractivity contribution in [3.05, 3.63) is 45.2 Å². The lowest BCUT2D eigenvalue weighted by Crippen LogP contribution is -2.48. The third kappa shape index (κ3) is 4.48. The number of hydrogen-bond donors (Lipinski definition) is 2. The Balaban J connectivity index is 1.89. The number of aromatic nitrogens is 1. The summed E-state index contributed by atoms with van der Waals surface area (Å²) in [7, 11) is 0. The predicted octanol–water partition coefficient (Wildman–Crippen LogP) is 1.78. The van der Waals surface area contributed by atoms with E-state index in [9.17, 15) is 14.7 Å². The summed E-state index contributed by atoms with van der Waals surface area (Å²) in [6.07, 6.45) is 0.472. The second kappa shape index (κ2) is 8.54. The van der Waals surface area contributed by atoms with Crippen LogP contribution in [0.5, 0.6) is 0 Å². The van der Waals surface area contributed by atoms with Crippen molar-refractivity contribution in [2.45, 2.75) is 26.8 Å². The lowest BCUT2D eigenvalue weighted by Gasteiger charge is -2.33. The van der Waals surface area contributed by atoms with E-state index in [-0.39, 0.29) is 24.7 Å². The summed E-state index contributed by atoms with van der Waals surface area (Å²) in [5.74, 6) is 0. The zero-order valence-corrected chi connectivity index (χ0v) is 16.0. The highest BCUT2D eigenvalue weighted by Gasteiger charge is 2.23. The molecule has 0 saturated carbocycles. The van der Waals surface area contributed by atoms with E-state index in [2.05, 4.69) is 4.98 Å². The van der Waals surface area contributed by atoms with Crippen molar-refractivity contribution in [2.75, 3.05) is 39.5 Å². The molecule has 3 rings (SSSR count). The lowest BCUT2D eigenvalue weighted by molar-refractivity contribution is 0.0420. The predicted molar refractivity (Wildman–Crippen MR) is 104 cm³/mol. The van der Waals surface area contributed by atoms with E-state index >= 15 is 0 Å². The van der Waals surface area contributed by atoms with Crippen LogP contribution in [0.3, 0.4) is 0 Å². The van der Waals surface area contributed by atoms with Gasteiger partial charge in [-0.2, -0.15) is 0 Å². The highest BCUT2D eigenvalue weighted by Crippen LogP contribution is 2.19. The Hall–Kier alpha value is -2.38. The van der Waals surface area contributed by atoms with Crippen LogP contribution in [0.1, 0.15) is 23.1 Å². The number of benzene rings is 1. The van der Waals surface area contributed by atoms with Gasteiger partial charge in [-0.1, -0.05) is 11.6 Å². The molecule has 2 N–H and O–H groups in total. The molecule has 1 aromatic carbocycles. The number of aliphatic hydroxyl groups excluding tert-OH is 1. The number of ether oxygens (including phenoxy) is 1. The van der Waals surface area contributed by atoms with Gasteiger partial charge < -0.3 is 24.6 Å². The number of urea groups is 1. The number of fused-ring (bicyclic) bond motifs is 1. The average molecular weight is 373 g/mol. The van der Waals surface area contributed by atoms with Crippen LogP contribution in [-0.2, 0) is 11.3 Å². The molecule has 0 unspecified atom stereocenters. The molecule has 1 aliphatic heterocycles. The van der Waals surface area contributed by atoms with Crippen LogP contribution in [0.15, 0.2) is 23.0 Å². The van der Waals surface area contributed by atoms with E-state index in [4.69, 9.17) is 4.74 Å². The van der Waals surface area contributed by atoms with Crippen molar-refractivity contribution in [3.63, 3.8) is 0 Å². The lowest BCUT2D eigenvalue weighted by atomic mass is 10.1. The molecule has 7 nitrogen and oxygen atoms in total. The van der Waals surface area contributed by atoms with Gasteiger partial charge in [0.1, 0.15) is 0 Å². The third-order valence-corrected chi connectivity index (χ3v) is 4.87. The molecule has 1 fully saturated rings. The SMILES string of the molecule is Cc1cc(C)c2[nH]c(=O)c(CN(CCCO)C(=O)N3CCOCC3)cc2c1. The standard InChI is InChI=1S/C20H27N3O4/c1-14-10-15(2)18-16(11-14)12-17(19(25)21-18)13-23(4-3-7-24)20(26)22-5-8-27-9-6-22/h10-12,24H,3-9,13H2,1-2H3,(H,21,25). The minimum atomic E-state index is -0.182. The second-order valence-electron chi connectivity index (χ2n) is 7.05. The van der Waals surface area contributed by atoms with Crippen molar-refractivity contribution < 1.29 is 14.6 Å². The fraction of sp³-hybridized carbons (Fsp3) is 0.500. The zero-order chi connectivity index (χ0) is 19.4. The maximum atomic E-state index is 12.9. The molecule has 0 bridgehead atoms. The van der Waals surface area contributed by atoms with Crippen LogP contribution >= 0.6 is 0 Å². The van der Waals surface area contributed by atoms with Crippen molar-refractivity contribution in [1.29, 1.82) is 0 Å². The van der Waals surface area contributed by atoms with Crippen molar-refractivity contribution in [3.8, 4) is 0 Å². The first-order valence-corrected chi connectivity index (χ1v) is 9.35. The minimum absolute atomic E-state index is 0.000637. The fourth-order valence-electron chi connectivity index (χ4n) is 3.51. The molecule has 146 valence electrons. The molecular weight excluding hydrogens is 346 g/mol. The first-order valence-electron chi connectivity index (χ1n) is 9.35. The van der Waals surface area contributed by atoms with Crippen molar-refractivity contribution in [1.82, 2.24) is 14.8 Å². The molecular formula is C20H27N3O4. The van der Waals surface area contributed by atoms with Crippen molar-refractivity contribution in [2.24, 2.45) is 0 Å². The Labute approximate surface area is 158 Å². The Bertz CT molecular complexity index is 871. The quantitative estimate of drug-likeness (QED) is 0.837. The van der Waals surface area contributed by atoms with Crippen LogP contribution in [0.25, 0.3) is 10.9 Å². The van der Waals surface area contributed by atoms with E-state index in [0.29, 0.717) is 44.8 Å². The smallest absolute Gasteiger partial charge is 0.320 e. The maximum absolute atomic E-state index is 12.9. The second-order valence-corrected chi connectivity index (χ2v) is 7.05. The Morgan fingerprint density at radius 1 is 1.26 bits per heavy atom. The van der Waals surface area contributed by atoms with Crippen LogP contribution in [0, 0.1) is 13.8 Å². The highest BCUT2D eigenvalue weighted by atomic mass is 16.5. The number of morpholine rings is 1. The molecule has 2 heterocycles. The van der Waals surface area contributed by atoms with Crippen LogP contribution in [0.4, 0.5) is 4.79 Å². The number of H-pyrrole nitrogens is 1. The Morgan fingerprint density at radius 3 is 2.70 bits per heavy atom. The summed E-state index contributed by atoms with van der Waals surface area (Å²) in [5, 5.41) is 10.2. The van der Waals surface area contributed by atoms with Gasteiger partial charge >= 0.3 is 6.03 Å². The third-order valence-electron chi connectivity index (χ3n) is 4.87. The number of rotatable bonds is 5. The number of hydrogen-bond acceptors (Lipinski definition) is 4. The van der Waals surface area contributed by atoms with Crippen LogP contribution in [0.2, 0.25) is 0 Å². The summed E-state index contributed by atoms with van der Waals surface area (Å²) in [4.78, 5) is 31.8. The Kier molecular flexibility index (Phi) is 6.13. The summed E-state index contributed by atoms with van der Waals surface area (Å²) >= 11 is 0. The van der Waals surface area contributed by atoms with Gasteiger partial charge in [0.25, 0.3) is 5.56 Å². The summed E-state index contributed by atoms with van der Waals surface area (Å²) in [6, 6.07) is 5.82. The average Bonchev–Trinajstić information content (AvgIpc) is 2.66. The van der Waals surface area contributed by atoms with E-state index in [1.807, 2.05) is 32.0 Å². The number of nitrogens with zero attached hydrogens (tertiary/aromatic N) is 2. The largest absolute Gasteiger partial charge is 0.396 e. The number of carbonyl (C=O) groups excluding carboxylic acids is 1. The van der Waals surface area contributed by atoms with E-state index in [0.717, 1.165) is 22.0 Å². The normalized spacial score (nSPS) is 14.6. The Morgan fingerprint density at radius 2 is 2.00 bits per heavy atom. The van der Waals surface area contributed by atoms with Gasteiger partial charge in [0.2, 0.25) is 0 Å². The number of aryl methyl sites for hydroxylation is 2. The van der Waals surface area contributed by atoms with Gasteiger partial charge in [0.15, 0.2) is 0 Å². The molecule has 1 aromatic heterocycles. The van der Waals surface area contributed by atoms with E-state index in [1.54, 1.807) is 9.80 Å². The molecule has 1 saturated heterocycles. The summed E-state index contributed by atoms with van der Waals surface area (Å²) in [5.41, 5.74) is 3.34. The molecule has 2 aromatic rings. The van der Waals surface area contributed by atoms with Gasteiger partial charge in [0, 0.05) is 31.8 Å². The first kappa shape index (κ1) is 19.4. The van der Waals surface area contributed by atoms with Crippen LogP contribution < -0.4 is 5.56 Å². The monoisotopic (exact) mass is 373 g/mol. The summed E-state index contributed by atoms with van der Waals surface area (Å²) in [6.45, 7) is 6.74. The number of aliphatic hydroxyl groups is 1. The minimum Gasteiger partial charge on any atom is -0.396 e. The zero-order valence-electron chi connectivity index (χ0n) is 16.0. The van der Waals surface area contributed by atoms with E-state index < -0.39 is 0 Å². The molecule has 0 radical (unpaired) electrons. The molecule has 7 heteroatoms. The first-order chi connectivity index (χ1) is 13.0. The topological polar surface area (TPSA) is 85.9 Å². The molecule has 0 atom stereocenters. The number of amides is 2. The van der Waals surface area contributed by atoms with Gasteiger partial charge in [0.05, 0.1) is 25.3 Å². The molecule has 27 heavy (non-hydrogen) atoms. The number of pyridine rings is 1. The van der Waals surface area contributed by atoms with Gasteiger partial charge in [-0.3, -0.25) is 4.79 Å². The molecule has 1 aliphatic rings. The fourth-order valence-corrected chi connectivity index (χ4v) is 3.51. The van der Waals surface area contributed by atoms with Gasteiger partial charge in [-0.05, 0) is 43.4 Å². The number of aromatic amines is 1. The summed E-state index contributed by atoms with van der Waals surface area (Å²) < 4.78 is 5.31. The molecule has 0 spiro atoms. The number of nitrogens with one attached hydrogen (secondary N) is 1. The number of carbonyl (C=O) groups is 1. The van der Waals surface area contributed by atoms with E-state index in [1.165, 1.54) is 0 Å². The molecule has 2 amide bonds. The maximum Gasteiger partial charge on any atom is 0.320 e. The van der Waals surface area contributed by atoms with Gasteiger partial charge in [-0.25, -0.2) is 4.79 Å². The molecule has 0 aliphatic carbocycles. The van der Waals surface area contributed by atoms with Gasteiger partial charge in [-0.15, -0.1) is 0 Å². The highest BCUT2D eigenvalue weighted by molar-refractivity contribution is 5.83. The van der Waals surface area contributed by atoms with Crippen LogP contribution in [-0.4, -0.2) is 65.4 Å².